The van der Waals surface area contributed by atoms with Crippen LogP contribution in [0.3, 0.4) is 0 Å². The van der Waals surface area contributed by atoms with Gasteiger partial charge in [0.15, 0.2) is 0 Å². The van der Waals surface area contributed by atoms with Crippen LogP contribution in [0.5, 0.6) is 0 Å². The summed E-state index contributed by atoms with van der Waals surface area (Å²) in [7, 11) is 0. The van der Waals surface area contributed by atoms with Crippen LogP contribution in [0.4, 0.5) is 0 Å². The quantitative estimate of drug-likeness (QED) is 0.834. The fourth-order valence-electron chi connectivity index (χ4n) is 1.93. The number of aromatic amines is 1. The van der Waals surface area contributed by atoms with E-state index in [0.29, 0.717) is 5.56 Å². The molecule has 0 bridgehead atoms. The Morgan fingerprint density at radius 2 is 2.35 bits per heavy atom. The maximum atomic E-state index is 8.82. The molecule has 0 radical (unpaired) electrons. The first kappa shape index (κ1) is 10.3. The zero-order valence-corrected chi connectivity index (χ0v) is 9.53. The number of nitrogens with one attached hydrogen (secondary N) is 2. The van der Waals surface area contributed by atoms with E-state index in [1.807, 2.05) is 12.1 Å². The van der Waals surface area contributed by atoms with Crippen LogP contribution in [-0.2, 0) is 6.42 Å². The van der Waals surface area contributed by atoms with Crippen LogP contribution in [0.15, 0.2) is 18.2 Å². The Hall–Kier alpha value is -1.86. The van der Waals surface area contributed by atoms with Crippen LogP contribution in [0.1, 0.15) is 24.2 Å². The average molecular weight is 226 g/mol. The Kier molecular flexibility index (Phi) is 2.54. The van der Waals surface area contributed by atoms with Gasteiger partial charge in [-0.15, -0.1) is 0 Å². The summed E-state index contributed by atoms with van der Waals surface area (Å²) in [6.07, 6.45) is 3.53. The summed E-state index contributed by atoms with van der Waals surface area (Å²) in [5, 5.41) is 12.3. The van der Waals surface area contributed by atoms with Crippen LogP contribution in [-0.4, -0.2) is 22.6 Å². The van der Waals surface area contributed by atoms with Crippen molar-refractivity contribution in [3.63, 3.8) is 0 Å². The number of hydrogen-bond acceptors (Lipinski definition) is 3. The molecule has 86 valence electrons. The predicted molar refractivity (Wildman–Crippen MR) is 65.5 cm³/mol. The third kappa shape index (κ3) is 2.29. The molecule has 0 saturated heterocycles. The fourth-order valence-corrected chi connectivity index (χ4v) is 1.93. The molecular weight excluding hydrogens is 212 g/mol. The van der Waals surface area contributed by atoms with Crippen LogP contribution < -0.4 is 5.32 Å². The molecule has 1 aliphatic rings. The molecule has 1 heterocycles. The van der Waals surface area contributed by atoms with Crippen LogP contribution in [0.25, 0.3) is 11.0 Å². The number of nitrogens with zero attached hydrogens (tertiary/aromatic N) is 2. The van der Waals surface area contributed by atoms with Gasteiger partial charge in [0, 0.05) is 19.0 Å². The van der Waals surface area contributed by atoms with E-state index in [-0.39, 0.29) is 0 Å². The minimum Gasteiger partial charge on any atom is -0.342 e. The van der Waals surface area contributed by atoms with Crippen LogP contribution >= 0.6 is 0 Å². The standard InChI is InChI=1S/C13H14N4/c14-8-9-1-4-11-12(7-9)17-13(16-11)5-6-15-10-2-3-10/h1,4,7,10,15H,2-3,5-6H2,(H,16,17). The summed E-state index contributed by atoms with van der Waals surface area (Å²) in [5.41, 5.74) is 2.56. The lowest BCUT2D eigenvalue weighted by molar-refractivity contribution is 0.670. The van der Waals surface area contributed by atoms with E-state index < -0.39 is 0 Å². The summed E-state index contributed by atoms with van der Waals surface area (Å²) in [6, 6.07) is 8.41. The highest BCUT2D eigenvalue weighted by atomic mass is 15.0. The van der Waals surface area contributed by atoms with Gasteiger partial charge in [0.1, 0.15) is 5.82 Å². The zero-order chi connectivity index (χ0) is 11.7. The molecule has 0 spiro atoms. The number of imidazole rings is 1. The van der Waals surface area contributed by atoms with E-state index in [2.05, 4.69) is 21.4 Å². The largest absolute Gasteiger partial charge is 0.342 e. The van der Waals surface area contributed by atoms with E-state index in [1.54, 1.807) is 6.07 Å². The summed E-state index contributed by atoms with van der Waals surface area (Å²) < 4.78 is 0. The number of rotatable bonds is 4. The van der Waals surface area contributed by atoms with Crippen molar-refractivity contribution in [3.8, 4) is 6.07 Å². The van der Waals surface area contributed by atoms with Gasteiger partial charge in [-0.1, -0.05) is 0 Å². The predicted octanol–water partition coefficient (Wildman–Crippen LogP) is 1.73. The van der Waals surface area contributed by atoms with E-state index in [4.69, 9.17) is 5.26 Å². The molecule has 1 aliphatic carbocycles. The van der Waals surface area contributed by atoms with E-state index in [1.165, 1.54) is 12.8 Å². The Balaban J connectivity index is 1.73. The van der Waals surface area contributed by atoms with Gasteiger partial charge in [-0.05, 0) is 31.0 Å². The average Bonchev–Trinajstić information content (AvgIpc) is 3.07. The molecule has 3 rings (SSSR count). The third-order valence-corrected chi connectivity index (χ3v) is 3.03. The molecule has 17 heavy (non-hydrogen) atoms. The van der Waals surface area contributed by atoms with Gasteiger partial charge in [0.25, 0.3) is 0 Å². The van der Waals surface area contributed by atoms with Crippen LogP contribution in [0, 0.1) is 11.3 Å². The minimum absolute atomic E-state index is 0.670. The lowest BCUT2D eigenvalue weighted by Crippen LogP contribution is -2.19. The highest BCUT2D eigenvalue weighted by Gasteiger charge is 2.19. The molecule has 4 heteroatoms. The first-order valence-corrected chi connectivity index (χ1v) is 5.97. The first-order chi connectivity index (χ1) is 8.35. The van der Waals surface area contributed by atoms with Crippen molar-refractivity contribution in [2.75, 3.05) is 6.54 Å². The van der Waals surface area contributed by atoms with Gasteiger partial charge in [0.05, 0.1) is 22.7 Å². The molecule has 1 saturated carbocycles. The van der Waals surface area contributed by atoms with Gasteiger partial charge >= 0.3 is 0 Å². The van der Waals surface area contributed by atoms with E-state index in [0.717, 1.165) is 35.9 Å². The smallest absolute Gasteiger partial charge is 0.108 e. The number of hydrogen-bond donors (Lipinski definition) is 2. The summed E-state index contributed by atoms with van der Waals surface area (Å²) in [4.78, 5) is 7.76. The number of fused-ring (bicyclic) bond motifs is 1. The summed E-state index contributed by atoms with van der Waals surface area (Å²) in [5.74, 6) is 0.989. The van der Waals surface area contributed by atoms with Crippen molar-refractivity contribution >= 4 is 11.0 Å². The monoisotopic (exact) mass is 226 g/mol. The maximum absolute atomic E-state index is 8.82. The molecule has 0 atom stereocenters. The summed E-state index contributed by atoms with van der Waals surface area (Å²) >= 11 is 0. The van der Waals surface area contributed by atoms with Gasteiger partial charge in [-0.2, -0.15) is 5.26 Å². The number of benzene rings is 1. The van der Waals surface area contributed by atoms with Crippen molar-refractivity contribution < 1.29 is 0 Å². The Bertz CT molecular complexity index is 575. The minimum atomic E-state index is 0.670. The Labute approximate surface area is 99.7 Å². The number of aromatic nitrogens is 2. The van der Waals surface area contributed by atoms with Crippen molar-refractivity contribution in [2.45, 2.75) is 25.3 Å². The van der Waals surface area contributed by atoms with Crippen LogP contribution in [0.2, 0.25) is 0 Å². The van der Waals surface area contributed by atoms with Gasteiger partial charge in [-0.3, -0.25) is 0 Å². The second kappa shape index (κ2) is 4.19. The summed E-state index contributed by atoms with van der Waals surface area (Å²) in [6.45, 7) is 0.968. The lowest BCUT2D eigenvalue weighted by atomic mass is 10.2. The van der Waals surface area contributed by atoms with Crippen molar-refractivity contribution in [1.29, 1.82) is 5.26 Å². The zero-order valence-electron chi connectivity index (χ0n) is 9.53. The normalized spacial score (nSPS) is 15.0. The van der Waals surface area contributed by atoms with Crippen molar-refractivity contribution in [2.24, 2.45) is 0 Å². The molecular formula is C13H14N4. The topological polar surface area (TPSA) is 64.5 Å². The first-order valence-electron chi connectivity index (χ1n) is 5.97. The van der Waals surface area contributed by atoms with Gasteiger partial charge < -0.3 is 10.3 Å². The third-order valence-electron chi connectivity index (χ3n) is 3.03. The molecule has 1 aromatic carbocycles. The molecule has 2 N–H and O–H groups in total. The Morgan fingerprint density at radius 3 is 3.12 bits per heavy atom. The Morgan fingerprint density at radius 1 is 1.47 bits per heavy atom. The van der Waals surface area contributed by atoms with E-state index >= 15 is 0 Å². The molecule has 1 aromatic heterocycles. The van der Waals surface area contributed by atoms with E-state index in [9.17, 15) is 0 Å². The molecule has 2 aromatic rings. The maximum Gasteiger partial charge on any atom is 0.108 e. The molecule has 0 unspecified atom stereocenters. The van der Waals surface area contributed by atoms with Crippen molar-refractivity contribution in [3.05, 3.63) is 29.6 Å². The molecule has 0 amide bonds. The van der Waals surface area contributed by atoms with Crippen molar-refractivity contribution in [1.82, 2.24) is 15.3 Å². The molecule has 0 aliphatic heterocycles. The molecule has 4 nitrogen and oxygen atoms in total. The second-order valence-electron chi connectivity index (χ2n) is 4.51. The second-order valence-corrected chi connectivity index (χ2v) is 4.51. The number of H-pyrrole nitrogens is 1. The highest BCUT2D eigenvalue weighted by Crippen LogP contribution is 2.18. The lowest BCUT2D eigenvalue weighted by Gasteiger charge is -1.98. The van der Waals surface area contributed by atoms with Gasteiger partial charge in [0.2, 0.25) is 0 Å². The van der Waals surface area contributed by atoms with Gasteiger partial charge in [-0.25, -0.2) is 4.98 Å². The SMILES string of the molecule is N#Cc1ccc2nc(CCNC3CC3)[nH]c2c1. The molecule has 1 fully saturated rings. The number of nitriles is 1. The highest BCUT2D eigenvalue weighted by molar-refractivity contribution is 5.76. The fraction of sp³-hybridized carbons (Fsp3) is 0.385.